The maximum Gasteiger partial charge on any atom is 0.0464 e. The van der Waals surface area contributed by atoms with Crippen molar-refractivity contribution < 1.29 is 0 Å². The third-order valence-electron chi connectivity index (χ3n) is 2.13. The van der Waals surface area contributed by atoms with E-state index in [2.05, 4.69) is 13.6 Å². The summed E-state index contributed by atoms with van der Waals surface area (Å²) in [7, 11) is 2.11. The average Bonchev–Trinajstić information content (AvgIpc) is 2.10. The lowest BCUT2D eigenvalue weighted by Crippen LogP contribution is -1.80. The fraction of sp³-hybridized carbons (Fsp3) is 1.00. The molecule has 0 radical (unpaired) electrons. The first kappa shape index (κ1) is 12.9. The van der Waals surface area contributed by atoms with Crippen molar-refractivity contribution >= 4 is 16.5 Å². The van der Waals surface area contributed by atoms with E-state index in [0.29, 0.717) is 0 Å². The first-order valence-corrected chi connectivity index (χ1v) is 9.60. The highest BCUT2D eigenvalue weighted by Gasteiger charge is 1.91. The van der Waals surface area contributed by atoms with Crippen molar-refractivity contribution in [2.75, 3.05) is 12.8 Å². The number of rotatable bonds is 9. The second-order valence-corrected chi connectivity index (χ2v) is 7.81. The number of hydrogen-bond donors (Lipinski definition) is 0. The molecule has 0 nitrogen and oxygen atoms in total. The third-order valence-corrected chi connectivity index (χ3v) is 5.27. The molecule has 0 saturated heterocycles. The van der Waals surface area contributed by atoms with Crippen LogP contribution in [-0.2, 0) is 0 Å². The molecular formula is C10H25P2+. The Morgan fingerprint density at radius 2 is 1.50 bits per heavy atom. The standard InChI is InChI=1S/C10H24P2/c1-3-4-5-6-7-8-9-10-12-11-2/h11-12H,3-10H2,1-2H3/p+1. The van der Waals surface area contributed by atoms with Crippen molar-refractivity contribution in [1.29, 1.82) is 0 Å². The highest BCUT2D eigenvalue weighted by molar-refractivity contribution is 8.11. The topological polar surface area (TPSA) is 0 Å². The Morgan fingerprint density at radius 3 is 2.08 bits per heavy atom. The van der Waals surface area contributed by atoms with Crippen molar-refractivity contribution in [1.82, 2.24) is 0 Å². The fourth-order valence-corrected chi connectivity index (χ4v) is 3.55. The van der Waals surface area contributed by atoms with E-state index in [-0.39, 0.29) is 0 Å². The summed E-state index contributed by atoms with van der Waals surface area (Å²) in [5.41, 5.74) is 0. The summed E-state index contributed by atoms with van der Waals surface area (Å²) in [5.74, 6) is 0. The van der Waals surface area contributed by atoms with Gasteiger partial charge in [0, 0.05) is 14.9 Å². The molecule has 0 aromatic carbocycles. The van der Waals surface area contributed by atoms with Crippen LogP contribution < -0.4 is 0 Å². The van der Waals surface area contributed by atoms with Crippen LogP contribution in [0.1, 0.15) is 51.9 Å². The summed E-state index contributed by atoms with van der Waals surface area (Å²) < 4.78 is 0. The highest BCUT2D eigenvalue weighted by atomic mass is 32.0. The zero-order valence-electron chi connectivity index (χ0n) is 8.73. The fourth-order valence-electron chi connectivity index (χ4n) is 1.33. The minimum atomic E-state index is 0.796. The van der Waals surface area contributed by atoms with Crippen molar-refractivity contribution in [2.45, 2.75) is 51.9 Å². The monoisotopic (exact) mass is 207 g/mol. The summed E-state index contributed by atoms with van der Waals surface area (Å²) in [6.07, 6.45) is 11.8. The van der Waals surface area contributed by atoms with E-state index >= 15 is 0 Å². The Hall–Kier alpha value is 0.860. The van der Waals surface area contributed by atoms with Gasteiger partial charge in [0.05, 0.1) is 0 Å². The number of unbranched alkanes of at least 4 members (excludes halogenated alkanes) is 6. The highest BCUT2D eigenvalue weighted by Crippen LogP contribution is 2.33. The molecule has 0 spiro atoms. The Kier molecular flexibility index (Phi) is 12.7. The molecule has 0 aliphatic carbocycles. The zero-order valence-corrected chi connectivity index (χ0v) is 10.9. The van der Waals surface area contributed by atoms with Crippen LogP contribution in [0.15, 0.2) is 0 Å². The quantitative estimate of drug-likeness (QED) is 0.389. The van der Waals surface area contributed by atoms with Crippen LogP contribution in [0.25, 0.3) is 0 Å². The van der Waals surface area contributed by atoms with E-state index in [9.17, 15) is 0 Å². The molecule has 74 valence electrons. The van der Waals surface area contributed by atoms with Crippen LogP contribution in [-0.4, -0.2) is 12.8 Å². The van der Waals surface area contributed by atoms with Crippen LogP contribution in [0.2, 0.25) is 0 Å². The minimum absolute atomic E-state index is 0.796. The molecule has 0 aromatic rings. The Balaban J connectivity index is 2.73. The van der Waals surface area contributed by atoms with E-state index in [0.717, 1.165) is 8.27 Å². The van der Waals surface area contributed by atoms with Gasteiger partial charge in [0.1, 0.15) is 0 Å². The first-order valence-electron chi connectivity index (χ1n) is 5.43. The Bertz CT molecular complexity index is 64.2. The maximum atomic E-state index is 2.37. The predicted molar refractivity (Wildman–Crippen MR) is 66.8 cm³/mol. The summed E-state index contributed by atoms with van der Waals surface area (Å²) >= 11 is 0. The summed E-state index contributed by atoms with van der Waals surface area (Å²) in [6.45, 7) is 4.66. The molecule has 0 saturated carbocycles. The summed E-state index contributed by atoms with van der Waals surface area (Å²) in [5, 5.41) is 0. The molecule has 0 aliphatic rings. The molecule has 0 rings (SSSR count). The summed E-state index contributed by atoms with van der Waals surface area (Å²) in [4.78, 5) is 0. The first-order chi connectivity index (χ1) is 5.91. The van der Waals surface area contributed by atoms with Crippen molar-refractivity contribution in [3.05, 3.63) is 0 Å². The van der Waals surface area contributed by atoms with Gasteiger partial charge in [0.15, 0.2) is 0 Å². The normalized spacial score (nSPS) is 12.5. The van der Waals surface area contributed by atoms with Gasteiger partial charge < -0.3 is 0 Å². The van der Waals surface area contributed by atoms with Crippen LogP contribution in [0.3, 0.4) is 0 Å². The minimum Gasteiger partial charge on any atom is -0.0654 e. The van der Waals surface area contributed by atoms with Gasteiger partial charge in [-0.05, 0) is 20.9 Å². The van der Waals surface area contributed by atoms with Gasteiger partial charge >= 0.3 is 0 Å². The Labute approximate surface area is 81.7 Å². The molecule has 0 fully saturated rings. The molecule has 0 aliphatic heterocycles. The molecular weight excluding hydrogens is 182 g/mol. The van der Waals surface area contributed by atoms with Crippen LogP contribution >= 0.6 is 16.5 Å². The molecule has 2 heteroatoms. The van der Waals surface area contributed by atoms with Gasteiger partial charge in [-0.2, -0.15) is 0 Å². The van der Waals surface area contributed by atoms with Crippen LogP contribution in [0.4, 0.5) is 0 Å². The Morgan fingerprint density at radius 1 is 0.917 bits per heavy atom. The zero-order chi connectivity index (χ0) is 9.07. The van der Waals surface area contributed by atoms with Crippen LogP contribution in [0, 0.1) is 0 Å². The van der Waals surface area contributed by atoms with E-state index < -0.39 is 0 Å². The van der Waals surface area contributed by atoms with Gasteiger partial charge in [0.2, 0.25) is 0 Å². The average molecular weight is 207 g/mol. The van der Waals surface area contributed by atoms with Gasteiger partial charge in [-0.15, -0.1) is 0 Å². The lowest BCUT2D eigenvalue weighted by atomic mass is 10.1. The smallest absolute Gasteiger partial charge is 0.0464 e. The molecule has 0 N–H and O–H groups in total. The van der Waals surface area contributed by atoms with Gasteiger partial charge in [-0.1, -0.05) is 45.4 Å². The van der Waals surface area contributed by atoms with Crippen LogP contribution in [0.5, 0.6) is 0 Å². The molecule has 0 amide bonds. The third kappa shape index (κ3) is 10.9. The largest absolute Gasteiger partial charge is 0.0654 e. The molecule has 0 bridgehead atoms. The molecule has 12 heavy (non-hydrogen) atoms. The van der Waals surface area contributed by atoms with Gasteiger partial charge in [-0.25, -0.2) is 0 Å². The molecule has 2 atom stereocenters. The number of hydrogen-bond acceptors (Lipinski definition) is 0. The van der Waals surface area contributed by atoms with Crippen molar-refractivity contribution in [3.8, 4) is 0 Å². The van der Waals surface area contributed by atoms with Gasteiger partial charge in [0.25, 0.3) is 0 Å². The lowest BCUT2D eigenvalue weighted by molar-refractivity contribution is 0.603. The second-order valence-electron chi connectivity index (χ2n) is 3.36. The lowest BCUT2D eigenvalue weighted by Gasteiger charge is -1.98. The molecule has 0 heterocycles. The molecule has 2 unspecified atom stereocenters. The van der Waals surface area contributed by atoms with E-state index in [1.807, 2.05) is 0 Å². The second kappa shape index (κ2) is 11.9. The summed E-state index contributed by atoms with van der Waals surface area (Å²) in [6, 6.07) is 0. The van der Waals surface area contributed by atoms with Crippen molar-refractivity contribution in [2.24, 2.45) is 0 Å². The van der Waals surface area contributed by atoms with E-state index in [1.54, 1.807) is 0 Å². The SMILES string of the molecule is CCCCCCCCCP[PH2+]C. The van der Waals surface area contributed by atoms with E-state index in [1.165, 1.54) is 59.4 Å². The van der Waals surface area contributed by atoms with E-state index in [4.69, 9.17) is 0 Å². The van der Waals surface area contributed by atoms with Gasteiger partial charge in [-0.3, -0.25) is 0 Å². The maximum absolute atomic E-state index is 2.37. The predicted octanol–water partition coefficient (Wildman–Crippen LogP) is 4.37. The van der Waals surface area contributed by atoms with Crippen molar-refractivity contribution in [3.63, 3.8) is 0 Å². The molecule has 0 aromatic heterocycles.